The number of non-ortho nitro benzene ring substituents is 1. The average Bonchev–Trinajstić information content (AvgIpc) is 2.80. The molecule has 1 saturated heterocycles. The van der Waals surface area contributed by atoms with Crippen molar-refractivity contribution in [2.24, 2.45) is 0 Å². The van der Waals surface area contributed by atoms with Crippen LogP contribution in [0.25, 0.3) is 0 Å². The lowest BCUT2D eigenvalue weighted by atomic mass is 10.1. The third-order valence-electron chi connectivity index (χ3n) is 5.44. The van der Waals surface area contributed by atoms with Gasteiger partial charge in [-0.1, -0.05) is 25.8 Å². The number of amides is 2. The monoisotopic (exact) mass is 424 g/mol. The molecule has 1 heterocycles. The number of nitro groups is 1. The molecule has 0 bridgehead atoms. The Morgan fingerprint density at radius 3 is 2.39 bits per heavy atom. The maximum Gasteiger partial charge on any atom is 0.270 e. The molecule has 1 aliphatic rings. The number of piperazine rings is 1. The van der Waals surface area contributed by atoms with E-state index in [1.54, 1.807) is 6.07 Å². The standard InChI is InChI=1S/C23H28N4O4/c1-2-3-4-8-22(28)26-15-13-25(14-16-26)20-11-9-19(10-12-20)24-23(29)18-6-5-7-21(17-18)27(30)31/h5-7,9-12,17H,2-4,8,13-16H2,1H3,(H,24,29). The number of nitrogens with zero attached hydrogens (tertiary/aromatic N) is 3. The first-order chi connectivity index (χ1) is 15.0. The van der Waals surface area contributed by atoms with Gasteiger partial charge in [-0.15, -0.1) is 0 Å². The molecule has 0 aromatic heterocycles. The molecule has 0 spiro atoms. The Morgan fingerprint density at radius 1 is 1.03 bits per heavy atom. The smallest absolute Gasteiger partial charge is 0.270 e. The van der Waals surface area contributed by atoms with Crippen LogP contribution in [0.15, 0.2) is 48.5 Å². The minimum absolute atomic E-state index is 0.119. The van der Waals surface area contributed by atoms with Gasteiger partial charge in [0.05, 0.1) is 4.92 Å². The molecule has 0 radical (unpaired) electrons. The first kappa shape index (κ1) is 22.3. The molecule has 164 valence electrons. The number of carbonyl (C=O) groups is 2. The van der Waals surface area contributed by atoms with Crippen molar-refractivity contribution in [3.8, 4) is 0 Å². The Labute approximate surface area is 182 Å². The van der Waals surface area contributed by atoms with Gasteiger partial charge in [0.15, 0.2) is 0 Å². The molecule has 1 fully saturated rings. The van der Waals surface area contributed by atoms with E-state index in [2.05, 4.69) is 17.1 Å². The van der Waals surface area contributed by atoms with Gasteiger partial charge < -0.3 is 15.1 Å². The number of nitro benzene ring substituents is 1. The van der Waals surface area contributed by atoms with Crippen molar-refractivity contribution < 1.29 is 14.5 Å². The molecule has 8 heteroatoms. The van der Waals surface area contributed by atoms with Gasteiger partial charge in [-0.3, -0.25) is 19.7 Å². The number of rotatable bonds is 8. The van der Waals surface area contributed by atoms with Gasteiger partial charge in [0.2, 0.25) is 5.91 Å². The number of hydrogen-bond donors (Lipinski definition) is 1. The molecule has 0 unspecified atom stereocenters. The van der Waals surface area contributed by atoms with Gasteiger partial charge in [-0.25, -0.2) is 0 Å². The maximum atomic E-state index is 12.4. The topological polar surface area (TPSA) is 95.8 Å². The van der Waals surface area contributed by atoms with E-state index in [9.17, 15) is 19.7 Å². The van der Waals surface area contributed by atoms with Crippen LogP contribution in [0.4, 0.5) is 17.1 Å². The second-order valence-corrected chi connectivity index (χ2v) is 7.63. The van der Waals surface area contributed by atoms with Crippen molar-refractivity contribution in [1.82, 2.24) is 4.90 Å². The summed E-state index contributed by atoms with van der Waals surface area (Å²) < 4.78 is 0. The zero-order valence-electron chi connectivity index (χ0n) is 17.8. The molecule has 1 N–H and O–H groups in total. The first-order valence-electron chi connectivity index (χ1n) is 10.7. The molecule has 2 amide bonds. The lowest BCUT2D eigenvalue weighted by Crippen LogP contribution is -2.48. The molecule has 0 aliphatic carbocycles. The van der Waals surface area contributed by atoms with E-state index < -0.39 is 10.8 Å². The molecular formula is C23H28N4O4. The van der Waals surface area contributed by atoms with Crippen molar-refractivity contribution in [3.05, 3.63) is 64.2 Å². The lowest BCUT2D eigenvalue weighted by Gasteiger charge is -2.36. The highest BCUT2D eigenvalue weighted by molar-refractivity contribution is 6.04. The van der Waals surface area contributed by atoms with Crippen LogP contribution in [-0.4, -0.2) is 47.8 Å². The second-order valence-electron chi connectivity index (χ2n) is 7.63. The van der Waals surface area contributed by atoms with Crippen LogP contribution >= 0.6 is 0 Å². The fourth-order valence-corrected chi connectivity index (χ4v) is 3.62. The van der Waals surface area contributed by atoms with Crippen molar-refractivity contribution in [1.29, 1.82) is 0 Å². The summed E-state index contributed by atoms with van der Waals surface area (Å²) in [5, 5.41) is 13.7. The Morgan fingerprint density at radius 2 is 1.74 bits per heavy atom. The number of hydrogen-bond acceptors (Lipinski definition) is 5. The van der Waals surface area contributed by atoms with Crippen LogP contribution in [0.1, 0.15) is 43.0 Å². The second kappa shape index (κ2) is 10.6. The normalized spacial score (nSPS) is 13.7. The van der Waals surface area contributed by atoms with E-state index in [4.69, 9.17) is 0 Å². The van der Waals surface area contributed by atoms with E-state index in [1.165, 1.54) is 18.2 Å². The maximum absolute atomic E-state index is 12.4. The highest BCUT2D eigenvalue weighted by atomic mass is 16.6. The molecule has 0 saturated carbocycles. The molecule has 2 aromatic carbocycles. The lowest BCUT2D eigenvalue weighted by molar-refractivity contribution is -0.384. The molecule has 0 atom stereocenters. The minimum atomic E-state index is -0.524. The highest BCUT2D eigenvalue weighted by Gasteiger charge is 2.21. The molecule has 8 nitrogen and oxygen atoms in total. The van der Waals surface area contributed by atoms with Gasteiger partial charge in [-0.05, 0) is 36.8 Å². The number of anilines is 2. The Hall–Kier alpha value is -3.42. The van der Waals surface area contributed by atoms with Crippen LogP contribution in [0.3, 0.4) is 0 Å². The molecule has 2 aromatic rings. The average molecular weight is 425 g/mol. The highest BCUT2D eigenvalue weighted by Crippen LogP contribution is 2.21. The third kappa shape index (κ3) is 6.04. The van der Waals surface area contributed by atoms with Crippen molar-refractivity contribution in [2.75, 3.05) is 36.4 Å². The van der Waals surface area contributed by atoms with E-state index in [0.29, 0.717) is 12.1 Å². The summed E-state index contributed by atoms with van der Waals surface area (Å²) in [5.41, 5.74) is 1.76. The zero-order chi connectivity index (χ0) is 22.2. The van der Waals surface area contributed by atoms with Gasteiger partial charge in [0, 0.05) is 61.7 Å². The zero-order valence-corrected chi connectivity index (χ0v) is 17.8. The van der Waals surface area contributed by atoms with Crippen LogP contribution in [0.2, 0.25) is 0 Å². The Bertz CT molecular complexity index is 921. The van der Waals surface area contributed by atoms with Crippen LogP contribution in [-0.2, 0) is 4.79 Å². The quantitative estimate of drug-likeness (QED) is 0.391. The van der Waals surface area contributed by atoms with Gasteiger partial charge in [0.1, 0.15) is 0 Å². The summed E-state index contributed by atoms with van der Waals surface area (Å²) in [6.07, 6.45) is 3.80. The van der Waals surface area contributed by atoms with Crippen LogP contribution in [0.5, 0.6) is 0 Å². The Kier molecular flexibility index (Phi) is 7.59. The summed E-state index contributed by atoms with van der Waals surface area (Å²) in [6, 6.07) is 13.1. The summed E-state index contributed by atoms with van der Waals surface area (Å²) >= 11 is 0. The summed E-state index contributed by atoms with van der Waals surface area (Å²) in [4.78, 5) is 39.2. The fourth-order valence-electron chi connectivity index (χ4n) is 3.62. The van der Waals surface area contributed by atoms with E-state index in [-0.39, 0.29) is 17.2 Å². The largest absolute Gasteiger partial charge is 0.368 e. The Balaban J connectivity index is 1.53. The van der Waals surface area contributed by atoms with Crippen molar-refractivity contribution in [2.45, 2.75) is 32.6 Å². The van der Waals surface area contributed by atoms with E-state index in [0.717, 1.165) is 51.1 Å². The number of benzene rings is 2. The number of nitrogens with one attached hydrogen (secondary N) is 1. The molecule has 1 aliphatic heterocycles. The van der Waals surface area contributed by atoms with Crippen LogP contribution in [0, 0.1) is 10.1 Å². The summed E-state index contributed by atoms with van der Waals surface area (Å²) in [6.45, 7) is 5.12. The number of carbonyl (C=O) groups excluding carboxylic acids is 2. The molecule has 31 heavy (non-hydrogen) atoms. The third-order valence-corrected chi connectivity index (χ3v) is 5.44. The van der Waals surface area contributed by atoms with E-state index >= 15 is 0 Å². The molecular weight excluding hydrogens is 396 g/mol. The van der Waals surface area contributed by atoms with Crippen LogP contribution < -0.4 is 10.2 Å². The minimum Gasteiger partial charge on any atom is -0.368 e. The van der Waals surface area contributed by atoms with Gasteiger partial charge in [-0.2, -0.15) is 0 Å². The van der Waals surface area contributed by atoms with Crippen molar-refractivity contribution >= 4 is 28.9 Å². The predicted molar refractivity (Wildman–Crippen MR) is 120 cm³/mol. The SMILES string of the molecule is CCCCCC(=O)N1CCN(c2ccc(NC(=O)c3cccc([N+](=O)[O-])c3)cc2)CC1. The summed E-state index contributed by atoms with van der Waals surface area (Å²) in [7, 11) is 0. The fraction of sp³-hybridized carbons (Fsp3) is 0.391. The number of unbranched alkanes of at least 4 members (excludes halogenated alkanes) is 2. The predicted octanol–water partition coefficient (Wildman–Crippen LogP) is 4.08. The summed E-state index contributed by atoms with van der Waals surface area (Å²) in [5.74, 6) is -0.154. The van der Waals surface area contributed by atoms with Gasteiger partial charge in [0.25, 0.3) is 11.6 Å². The first-order valence-corrected chi connectivity index (χ1v) is 10.7. The van der Waals surface area contributed by atoms with Crippen molar-refractivity contribution in [3.63, 3.8) is 0 Å². The van der Waals surface area contributed by atoms with E-state index in [1.807, 2.05) is 29.2 Å². The molecule has 3 rings (SSSR count). The van der Waals surface area contributed by atoms with Gasteiger partial charge >= 0.3 is 0 Å².